The van der Waals surface area contributed by atoms with Crippen LogP contribution < -0.4 is 10.6 Å². The fourth-order valence-corrected chi connectivity index (χ4v) is 1.84. The van der Waals surface area contributed by atoms with Gasteiger partial charge in [-0.3, -0.25) is 4.79 Å². The molecule has 0 saturated heterocycles. The molecule has 0 fully saturated rings. The smallest absolute Gasteiger partial charge is 0.270 e. The molecule has 1 aromatic heterocycles. The first-order chi connectivity index (χ1) is 9.21. The molecule has 1 heterocycles. The summed E-state index contributed by atoms with van der Waals surface area (Å²) in [5.74, 6) is -0.154. The lowest BCUT2D eigenvalue weighted by atomic mass is 10.1. The second kappa shape index (κ2) is 8.48. The first-order valence-corrected chi connectivity index (χ1v) is 6.71. The number of anilines is 1. The monoisotopic (exact) mass is 265 g/mol. The highest BCUT2D eigenvalue weighted by Gasteiger charge is 2.13. The number of nitrogens with zero attached hydrogens (tertiary/aromatic N) is 1. The Morgan fingerprint density at radius 1 is 1.42 bits per heavy atom. The summed E-state index contributed by atoms with van der Waals surface area (Å²) in [6.45, 7) is 5.45. The molecular weight excluding hydrogens is 242 g/mol. The molecule has 1 rings (SSSR count). The number of rotatable bonds is 8. The molecule has 106 valence electrons. The zero-order valence-electron chi connectivity index (χ0n) is 11.9. The van der Waals surface area contributed by atoms with Crippen molar-refractivity contribution in [3.8, 4) is 0 Å². The van der Waals surface area contributed by atoms with E-state index >= 15 is 0 Å². The van der Waals surface area contributed by atoms with E-state index in [9.17, 15) is 4.79 Å². The molecule has 0 aliphatic carbocycles. The molecule has 2 N–H and O–H groups in total. The molecule has 0 aliphatic heterocycles. The van der Waals surface area contributed by atoms with Crippen molar-refractivity contribution in [2.45, 2.75) is 32.7 Å². The van der Waals surface area contributed by atoms with E-state index in [2.05, 4.69) is 22.5 Å². The Kier molecular flexibility index (Phi) is 6.89. The van der Waals surface area contributed by atoms with Crippen LogP contribution in [0.3, 0.4) is 0 Å². The Morgan fingerprint density at radius 2 is 2.21 bits per heavy atom. The van der Waals surface area contributed by atoms with Gasteiger partial charge in [0.15, 0.2) is 0 Å². The van der Waals surface area contributed by atoms with Crippen LogP contribution in [0.5, 0.6) is 0 Å². The number of ether oxygens (including phenoxy) is 1. The lowest BCUT2D eigenvalue weighted by molar-refractivity contribution is 0.0886. The van der Waals surface area contributed by atoms with Crippen molar-refractivity contribution in [3.05, 3.63) is 24.0 Å². The largest absolute Gasteiger partial charge is 0.384 e. The van der Waals surface area contributed by atoms with Gasteiger partial charge in [-0.25, -0.2) is 4.98 Å². The Morgan fingerprint density at radius 3 is 2.74 bits per heavy atom. The van der Waals surface area contributed by atoms with Crippen molar-refractivity contribution < 1.29 is 9.53 Å². The van der Waals surface area contributed by atoms with E-state index in [4.69, 9.17) is 4.74 Å². The molecule has 19 heavy (non-hydrogen) atoms. The van der Waals surface area contributed by atoms with Gasteiger partial charge < -0.3 is 15.4 Å². The molecule has 0 radical (unpaired) electrons. The second-order valence-electron chi connectivity index (χ2n) is 4.38. The molecule has 0 aromatic carbocycles. The molecule has 0 bridgehead atoms. The Hall–Kier alpha value is -1.62. The average molecular weight is 265 g/mol. The van der Waals surface area contributed by atoms with Gasteiger partial charge in [0.1, 0.15) is 5.69 Å². The highest BCUT2D eigenvalue weighted by atomic mass is 16.5. The van der Waals surface area contributed by atoms with Crippen molar-refractivity contribution in [3.63, 3.8) is 0 Å². The molecule has 1 atom stereocenters. The van der Waals surface area contributed by atoms with Gasteiger partial charge in [0.25, 0.3) is 5.91 Å². The maximum absolute atomic E-state index is 12.0. The molecule has 1 unspecified atom stereocenters. The highest BCUT2D eigenvalue weighted by molar-refractivity contribution is 5.92. The van der Waals surface area contributed by atoms with E-state index in [1.165, 1.54) is 0 Å². The summed E-state index contributed by atoms with van der Waals surface area (Å²) < 4.78 is 5.10. The number of nitrogens with one attached hydrogen (secondary N) is 2. The third-order valence-electron chi connectivity index (χ3n) is 2.72. The van der Waals surface area contributed by atoms with Crippen LogP contribution in [-0.2, 0) is 4.74 Å². The molecule has 0 aliphatic rings. The summed E-state index contributed by atoms with van der Waals surface area (Å²) in [4.78, 5) is 16.2. The van der Waals surface area contributed by atoms with Crippen molar-refractivity contribution >= 4 is 11.6 Å². The number of pyridine rings is 1. The van der Waals surface area contributed by atoms with E-state index < -0.39 is 0 Å². The predicted octanol–water partition coefficient (Wildman–Crippen LogP) is 2.06. The van der Waals surface area contributed by atoms with E-state index in [0.29, 0.717) is 12.3 Å². The van der Waals surface area contributed by atoms with Crippen molar-refractivity contribution in [2.24, 2.45) is 0 Å². The van der Waals surface area contributed by atoms with E-state index in [1.54, 1.807) is 19.4 Å². The first kappa shape index (κ1) is 15.4. The molecule has 0 saturated carbocycles. The van der Waals surface area contributed by atoms with Crippen molar-refractivity contribution in [1.29, 1.82) is 0 Å². The van der Waals surface area contributed by atoms with Crippen molar-refractivity contribution in [2.75, 3.05) is 25.6 Å². The summed E-state index contributed by atoms with van der Waals surface area (Å²) in [5.41, 5.74) is 1.35. The summed E-state index contributed by atoms with van der Waals surface area (Å²) >= 11 is 0. The van der Waals surface area contributed by atoms with Gasteiger partial charge in [-0.15, -0.1) is 0 Å². The van der Waals surface area contributed by atoms with Gasteiger partial charge in [0, 0.05) is 13.7 Å². The van der Waals surface area contributed by atoms with Gasteiger partial charge in [-0.1, -0.05) is 13.3 Å². The number of hydrogen-bond donors (Lipinski definition) is 2. The topological polar surface area (TPSA) is 63.2 Å². The molecule has 0 spiro atoms. The van der Waals surface area contributed by atoms with Crippen LogP contribution in [0.1, 0.15) is 37.2 Å². The van der Waals surface area contributed by atoms with E-state index in [0.717, 1.165) is 25.1 Å². The third-order valence-corrected chi connectivity index (χ3v) is 2.72. The molecular formula is C14H23N3O2. The second-order valence-corrected chi connectivity index (χ2v) is 4.38. The normalized spacial score (nSPS) is 11.9. The molecule has 1 amide bonds. The lowest BCUT2D eigenvalue weighted by Gasteiger charge is -2.16. The lowest BCUT2D eigenvalue weighted by Crippen LogP contribution is -2.38. The predicted molar refractivity (Wildman–Crippen MR) is 76.4 cm³/mol. The number of amides is 1. The van der Waals surface area contributed by atoms with Crippen LogP contribution in [-0.4, -0.2) is 37.2 Å². The van der Waals surface area contributed by atoms with Gasteiger partial charge in [-0.05, 0) is 25.5 Å². The van der Waals surface area contributed by atoms with Crippen LogP contribution in [0, 0.1) is 0 Å². The fraction of sp³-hybridized carbons (Fsp3) is 0.571. The Labute approximate surface area is 114 Å². The van der Waals surface area contributed by atoms with Crippen LogP contribution in [0.2, 0.25) is 0 Å². The number of methoxy groups -OCH3 is 1. The number of carbonyl (C=O) groups excluding carboxylic acids is 1. The molecule has 5 nitrogen and oxygen atoms in total. The minimum Gasteiger partial charge on any atom is -0.384 e. The summed E-state index contributed by atoms with van der Waals surface area (Å²) in [6.07, 6.45) is 3.57. The Balaban J connectivity index is 2.60. The molecule has 5 heteroatoms. The number of carbonyl (C=O) groups is 1. The standard InChI is InChI=1S/C14H23N3O2/c1-4-6-12(10-19-3)17-14(18)13-8-7-11(9-16-13)15-5-2/h7-9,12,15H,4-6,10H2,1-3H3,(H,17,18). The Bertz CT molecular complexity index is 373. The van der Waals surface area contributed by atoms with Crippen LogP contribution in [0.4, 0.5) is 5.69 Å². The minimum absolute atomic E-state index is 0.0396. The van der Waals surface area contributed by atoms with Crippen LogP contribution >= 0.6 is 0 Å². The van der Waals surface area contributed by atoms with Gasteiger partial charge in [0.05, 0.1) is 24.5 Å². The SMILES string of the molecule is CCCC(COC)NC(=O)c1ccc(NCC)cn1. The minimum atomic E-state index is -0.154. The maximum atomic E-state index is 12.0. The van der Waals surface area contributed by atoms with Gasteiger partial charge in [0.2, 0.25) is 0 Å². The quantitative estimate of drug-likeness (QED) is 0.755. The first-order valence-electron chi connectivity index (χ1n) is 6.71. The average Bonchev–Trinajstić information content (AvgIpc) is 2.40. The molecule has 1 aromatic rings. The van der Waals surface area contributed by atoms with E-state index in [-0.39, 0.29) is 11.9 Å². The van der Waals surface area contributed by atoms with Crippen molar-refractivity contribution in [1.82, 2.24) is 10.3 Å². The fourth-order valence-electron chi connectivity index (χ4n) is 1.84. The zero-order valence-corrected chi connectivity index (χ0v) is 11.9. The maximum Gasteiger partial charge on any atom is 0.270 e. The van der Waals surface area contributed by atoms with Gasteiger partial charge in [-0.2, -0.15) is 0 Å². The number of aromatic nitrogens is 1. The summed E-state index contributed by atoms with van der Waals surface area (Å²) in [6, 6.07) is 3.62. The van der Waals surface area contributed by atoms with Crippen LogP contribution in [0.15, 0.2) is 18.3 Å². The van der Waals surface area contributed by atoms with E-state index in [1.807, 2.05) is 13.0 Å². The third kappa shape index (κ3) is 5.26. The summed E-state index contributed by atoms with van der Waals surface area (Å²) in [5, 5.41) is 6.08. The highest BCUT2D eigenvalue weighted by Crippen LogP contribution is 2.06. The summed E-state index contributed by atoms with van der Waals surface area (Å²) in [7, 11) is 1.64. The van der Waals surface area contributed by atoms with Gasteiger partial charge >= 0.3 is 0 Å². The zero-order chi connectivity index (χ0) is 14.1. The van der Waals surface area contributed by atoms with Crippen LogP contribution in [0.25, 0.3) is 0 Å². The number of hydrogen-bond acceptors (Lipinski definition) is 4.